The lowest BCUT2D eigenvalue weighted by Gasteiger charge is -2.13. The number of hydrogen-bond acceptors (Lipinski definition) is 4. The van der Waals surface area contributed by atoms with E-state index < -0.39 is 5.91 Å². The van der Waals surface area contributed by atoms with Crippen LogP contribution in [0.4, 0.5) is 11.4 Å². The number of amides is 1. The summed E-state index contributed by atoms with van der Waals surface area (Å²) in [4.78, 5) is 12.3. The molecule has 0 saturated heterocycles. The molecule has 0 aliphatic heterocycles. The number of benzene rings is 2. The number of anilines is 2. The summed E-state index contributed by atoms with van der Waals surface area (Å²) in [7, 11) is 2.96. The number of carbonyl (C=O) groups excluding carboxylic acids is 1. The molecule has 0 fully saturated rings. The molecule has 0 saturated carbocycles. The van der Waals surface area contributed by atoms with Crippen LogP contribution in [-0.4, -0.2) is 20.1 Å². The van der Waals surface area contributed by atoms with Gasteiger partial charge in [0.05, 0.1) is 35.5 Å². The average Bonchev–Trinajstić information content (AvgIpc) is 2.48. The van der Waals surface area contributed by atoms with Gasteiger partial charge in [0.1, 0.15) is 11.5 Å². The van der Waals surface area contributed by atoms with Crippen molar-refractivity contribution < 1.29 is 14.3 Å². The molecule has 5 nitrogen and oxygen atoms in total. The Morgan fingerprint density at radius 3 is 2.32 bits per heavy atom. The van der Waals surface area contributed by atoms with Crippen LogP contribution in [0.5, 0.6) is 11.5 Å². The summed E-state index contributed by atoms with van der Waals surface area (Å²) in [6, 6.07) is 7.79. The van der Waals surface area contributed by atoms with Crippen molar-refractivity contribution in [1.29, 1.82) is 0 Å². The Morgan fingerprint density at radius 2 is 1.73 bits per heavy atom. The zero-order valence-corrected chi connectivity index (χ0v) is 13.5. The molecule has 0 aliphatic rings. The molecule has 3 N–H and O–H groups in total. The van der Waals surface area contributed by atoms with Crippen molar-refractivity contribution in [3.8, 4) is 11.5 Å². The zero-order chi connectivity index (χ0) is 16.3. The number of nitrogens with one attached hydrogen (secondary N) is 1. The zero-order valence-electron chi connectivity index (χ0n) is 11.9. The summed E-state index contributed by atoms with van der Waals surface area (Å²) in [5.74, 6) is 0.430. The molecule has 0 unspecified atom stereocenters. The van der Waals surface area contributed by atoms with Crippen LogP contribution in [0, 0.1) is 0 Å². The Labute approximate surface area is 137 Å². The lowest BCUT2D eigenvalue weighted by Crippen LogP contribution is -2.13. The van der Waals surface area contributed by atoms with E-state index in [9.17, 15) is 4.79 Å². The van der Waals surface area contributed by atoms with Gasteiger partial charge in [-0.3, -0.25) is 4.79 Å². The average molecular weight is 341 g/mol. The Balaban J connectivity index is 2.35. The van der Waals surface area contributed by atoms with Crippen LogP contribution in [0.25, 0.3) is 0 Å². The van der Waals surface area contributed by atoms with E-state index in [1.165, 1.54) is 20.3 Å². The van der Waals surface area contributed by atoms with Crippen molar-refractivity contribution in [2.45, 2.75) is 0 Å². The third kappa shape index (κ3) is 3.37. The summed E-state index contributed by atoms with van der Waals surface area (Å²) >= 11 is 12.1. The van der Waals surface area contributed by atoms with Crippen LogP contribution in [0.15, 0.2) is 30.3 Å². The topological polar surface area (TPSA) is 73.6 Å². The molecule has 0 heterocycles. The van der Waals surface area contributed by atoms with Crippen molar-refractivity contribution in [2.24, 2.45) is 0 Å². The molecule has 2 aromatic rings. The smallest absolute Gasteiger partial charge is 0.257 e. The first-order valence-electron chi connectivity index (χ1n) is 6.24. The summed E-state index contributed by atoms with van der Waals surface area (Å²) in [6.45, 7) is 0. The number of hydrogen-bond donors (Lipinski definition) is 2. The molecule has 116 valence electrons. The molecular weight excluding hydrogens is 327 g/mol. The van der Waals surface area contributed by atoms with Crippen LogP contribution in [0.2, 0.25) is 10.0 Å². The first-order chi connectivity index (χ1) is 10.5. The minimum absolute atomic E-state index is 0.261. The largest absolute Gasteiger partial charge is 0.495 e. The maximum absolute atomic E-state index is 12.3. The maximum atomic E-state index is 12.3. The van der Waals surface area contributed by atoms with Crippen molar-refractivity contribution in [3.05, 3.63) is 45.9 Å². The number of nitrogen functional groups attached to an aromatic ring is 1. The fourth-order valence-electron chi connectivity index (χ4n) is 1.86. The van der Waals surface area contributed by atoms with E-state index in [2.05, 4.69) is 5.32 Å². The van der Waals surface area contributed by atoms with Gasteiger partial charge in [0.15, 0.2) is 0 Å². The van der Waals surface area contributed by atoms with Gasteiger partial charge in [0, 0.05) is 17.8 Å². The van der Waals surface area contributed by atoms with Crippen molar-refractivity contribution >= 4 is 40.5 Å². The standard InChI is InChI=1S/C15H14Cl2N2O3/c1-21-13-7-12(14(22-2)6-11(13)17)19-15(20)9-4-3-8(18)5-10(9)16/h3-7H,18H2,1-2H3,(H,19,20). The Bertz CT molecular complexity index is 720. The molecule has 2 rings (SSSR count). The number of halogens is 2. The van der Waals surface area contributed by atoms with Gasteiger partial charge in [-0.2, -0.15) is 0 Å². The molecule has 7 heteroatoms. The lowest BCUT2D eigenvalue weighted by atomic mass is 10.2. The number of rotatable bonds is 4. The second-order valence-corrected chi connectivity index (χ2v) is 5.19. The first-order valence-corrected chi connectivity index (χ1v) is 6.99. The van der Waals surface area contributed by atoms with Crippen LogP contribution in [0.1, 0.15) is 10.4 Å². The maximum Gasteiger partial charge on any atom is 0.257 e. The van der Waals surface area contributed by atoms with Crippen LogP contribution in [0.3, 0.4) is 0 Å². The van der Waals surface area contributed by atoms with Gasteiger partial charge < -0.3 is 20.5 Å². The SMILES string of the molecule is COc1cc(NC(=O)c2ccc(N)cc2Cl)c(OC)cc1Cl. The molecule has 0 bridgehead atoms. The second kappa shape index (κ2) is 6.77. The van der Waals surface area contributed by atoms with Crippen molar-refractivity contribution in [1.82, 2.24) is 0 Å². The van der Waals surface area contributed by atoms with E-state index in [0.717, 1.165) is 0 Å². The monoisotopic (exact) mass is 340 g/mol. The van der Waals surface area contributed by atoms with E-state index in [1.807, 2.05) is 0 Å². The molecular formula is C15H14Cl2N2O3. The molecule has 0 spiro atoms. The summed E-state index contributed by atoms with van der Waals surface area (Å²) in [5.41, 5.74) is 6.81. The Hall–Kier alpha value is -2.11. The lowest BCUT2D eigenvalue weighted by molar-refractivity contribution is 0.102. The molecule has 0 radical (unpaired) electrons. The van der Waals surface area contributed by atoms with Gasteiger partial charge in [-0.25, -0.2) is 0 Å². The normalized spacial score (nSPS) is 10.2. The summed E-state index contributed by atoms with van der Waals surface area (Å²) < 4.78 is 10.3. The molecule has 0 atom stereocenters. The van der Waals surface area contributed by atoms with E-state index in [0.29, 0.717) is 33.5 Å². The van der Waals surface area contributed by atoms with E-state index in [4.69, 9.17) is 38.4 Å². The van der Waals surface area contributed by atoms with Gasteiger partial charge in [0.25, 0.3) is 5.91 Å². The predicted molar refractivity (Wildman–Crippen MR) is 88.4 cm³/mol. The predicted octanol–water partition coefficient (Wildman–Crippen LogP) is 3.85. The number of ether oxygens (including phenoxy) is 2. The van der Waals surface area contributed by atoms with Gasteiger partial charge in [-0.15, -0.1) is 0 Å². The van der Waals surface area contributed by atoms with Gasteiger partial charge in [-0.05, 0) is 18.2 Å². The Morgan fingerprint density at radius 1 is 1.05 bits per heavy atom. The molecule has 22 heavy (non-hydrogen) atoms. The minimum Gasteiger partial charge on any atom is -0.495 e. The molecule has 1 amide bonds. The summed E-state index contributed by atoms with van der Waals surface area (Å²) in [5, 5.41) is 3.35. The highest BCUT2D eigenvalue weighted by Gasteiger charge is 2.15. The third-order valence-electron chi connectivity index (χ3n) is 2.96. The minimum atomic E-state index is -0.396. The highest BCUT2D eigenvalue weighted by Crippen LogP contribution is 2.36. The fourth-order valence-corrected chi connectivity index (χ4v) is 2.37. The quantitative estimate of drug-likeness (QED) is 0.829. The Kier molecular flexibility index (Phi) is 5.00. The summed E-state index contributed by atoms with van der Waals surface area (Å²) in [6.07, 6.45) is 0. The van der Waals surface area contributed by atoms with E-state index in [1.54, 1.807) is 24.3 Å². The highest BCUT2D eigenvalue weighted by atomic mass is 35.5. The van der Waals surface area contributed by atoms with Gasteiger partial charge in [-0.1, -0.05) is 23.2 Å². The molecule has 0 aliphatic carbocycles. The van der Waals surface area contributed by atoms with E-state index in [-0.39, 0.29) is 5.02 Å². The number of methoxy groups -OCH3 is 2. The fraction of sp³-hybridized carbons (Fsp3) is 0.133. The first kappa shape index (κ1) is 16.3. The van der Waals surface area contributed by atoms with Gasteiger partial charge in [0.2, 0.25) is 0 Å². The molecule has 2 aromatic carbocycles. The van der Waals surface area contributed by atoms with Crippen molar-refractivity contribution in [3.63, 3.8) is 0 Å². The van der Waals surface area contributed by atoms with E-state index >= 15 is 0 Å². The number of carbonyl (C=O) groups is 1. The third-order valence-corrected chi connectivity index (χ3v) is 3.57. The number of nitrogens with two attached hydrogens (primary N) is 1. The van der Waals surface area contributed by atoms with Crippen molar-refractivity contribution in [2.75, 3.05) is 25.3 Å². The molecule has 0 aromatic heterocycles. The van der Waals surface area contributed by atoms with Crippen LogP contribution < -0.4 is 20.5 Å². The second-order valence-electron chi connectivity index (χ2n) is 4.38. The van der Waals surface area contributed by atoms with Gasteiger partial charge >= 0.3 is 0 Å². The highest BCUT2D eigenvalue weighted by molar-refractivity contribution is 6.35. The van der Waals surface area contributed by atoms with Crippen LogP contribution >= 0.6 is 23.2 Å². The van der Waals surface area contributed by atoms with Crippen LogP contribution in [-0.2, 0) is 0 Å².